The third-order valence-electron chi connectivity index (χ3n) is 5.80. The van der Waals surface area contributed by atoms with Crippen molar-refractivity contribution in [2.75, 3.05) is 45.3 Å². The molecule has 0 aliphatic carbocycles. The number of nitrogens with one attached hydrogen (secondary N) is 1. The first-order valence-corrected chi connectivity index (χ1v) is 11.3. The smallest absolute Gasteiger partial charge is 0.257 e. The van der Waals surface area contributed by atoms with Gasteiger partial charge in [0.1, 0.15) is 11.5 Å². The number of aryl methyl sites for hydroxylation is 1. The van der Waals surface area contributed by atoms with E-state index in [9.17, 15) is 14.4 Å². The number of thiophene rings is 1. The van der Waals surface area contributed by atoms with Crippen molar-refractivity contribution >= 4 is 34.1 Å². The fourth-order valence-corrected chi connectivity index (χ4v) is 5.50. The minimum Gasteiger partial charge on any atom is -0.383 e. The van der Waals surface area contributed by atoms with E-state index in [1.807, 2.05) is 11.1 Å². The van der Waals surface area contributed by atoms with Gasteiger partial charge in [0, 0.05) is 38.2 Å². The molecule has 166 valence electrons. The molecular formula is C21H27N5O4S. The van der Waals surface area contributed by atoms with E-state index in [0.717, 1.165) is 28.8 Å². The van der Waals surface area contributed by atoms with Crippen LogP contribution in [0, 0.1) is 0 Å². The first-order chi connectivity index (χ1) is 15.0. The number of fused-ring (bicyclic) bond motifs is 3. The van der Waals surface area contributed by atoms with Gasteiger partial charge < -0.3 is 14.5 Å². The number of methoxy groups -OCH3 is 1. The van der Waals surface area contributed by atoms with Gasteiger partial charge in [-0.3, -0.25) is 24.4 Å². The second-order valence-corrected chi connectivity index (χ2v) is 8.99. The molecule has 0 saturated carbocycles. The Balaban J connectivity index is 1.51. The van der Waals surface area contributed by atoms with Gasteiger partial charge in [-0.15, -0.1) is 11.3 Å². The van der Waals surface area contributed by atoms with Gasteiger partial charge in [0.2, 0.25) is 11.8 Å². The summed E-state index contributed by atoms with van der Waals surface area (Å²) in [5.41, 5.74) is 2.70. The molecule has 0 unspecified atom stereocenters. The number of carbonyl (C=O) groups is 3. The van der Waals surface area contributed by atoms with Gasteiger partial charge in [0.25, 0.3) is 5.91 Å². The van der Waals surface area contributed by atoms with Crippen molar-refractivity contribution in [1.29, 1.82) is 0 Å². The molecule has 9 nitrogen and oxygen atoms in total. The number of carbonyl (C=O) groups excluding carboxylic acids is 3. The first kappa shape index (κ1) is 21.5. The number of nitrogens with zero attached hydrogens (tertiary/aromatic N) is 4. The molecule has 0 saturated heterocycles. The summed E-state index contributed by atoms with van der Waals surface area (Å²) >= 11 is 1.46. The fraction of sp³-hybridized carbons (Fsp3) is 0.524. The van der Waals surface area contributed by atoms with Gasteiger partial charge in [0.05, 0.1) is 31.5 Å². The van der Waals surface area contributed by atoms with Gasteiger partial charge in [-0.05, 0) is 30.4 Å². The maximum atomic E-state index is 13.0. The minimum absolute atomic E-state index is 0.0556. The SMILES string of the molecule is COCCN1C(=O)CN(C)C(=O)c2c1sc1c2CCN(C(=O)CCCc2cn[nH]c2)C1. The van der Waals surface area contributed by atoms with Gasteiger partial charge in [0.15, 0.2) is 0 Å². The molecule has 0 radical (unpaired) electrons. The van der Waals surface area contributed by atoms with Crippen molar-refractivity contribution in [1.82, 2.24) is 20.0 Å². The summed E-state index contributed by atoms with van der Waals surface area (Å²) in [5, 5.41) is 7.41. The molecule has 0 bridgehead atoms. The van der Waals surface area contributed by atoms with Crippen molar-refractivity contribution < 1.29 is 19.1 Å². The Morgan fingerprint density at radius 2 is 2.16 bits per heavy atom. The van der Waals surface area contributed by atoms with Crippen LogP contribution in [0.2, 0.25) is 0 Å². The highest BCUT2D eigenvalue weighted by Gasteiger charge is 2.37. The van der Waals surface area contributed by atoms with E-state index in [1.165, 1.54) is 16.2 Å². The van der Waals surface area contributed by atoms with E-state index >= 15 is 0 Å². The van der Waals surface area contributed by atoms with E-state index in [-0.39, 0.29) is 24.3 Å². The standard InChI is InChI=1S/C21H27N5O4S/c1-24-13-18(28)26(8-9-30-2)21-19(20(24)29)15-6-7-25(12-16(15)31-21)17(27)5-3-4-14-10-22-23-11-14/h10-11H,3-9,12-13H2,1-2H3,(H,22,23). The average molecular weight is 446 g/mol. The second-order valence-electron chi connectivity index (χ2n) is 7.91. The number of ether oxygens (including phenoxy) is 1. The highest BCUT2D eigenvalue weighted by molar-refractivity contribution is 7.17. The number of hydrogen-bond acceptors (Lipinski definition) is 6. The number of hydrogen-bond donors (Lipinski definition) is 1. The first-order valence-electron chi connectivity index (χ1n) is 10.4. The lowest BCUT2D eigenvalue weighted by atomic mass is 10.0. The average Bonchev–Trinajstić information content (AvgIpc) is 3.38. The molecule has 0 aromatic carbocycles. The molecule has 0 fully saturated rings. The molecule has 4 rings (SSSR count). The van der Waals surface area contributed by atoms with Crippen molar-refractivity contribution in [3.05, 3.63) is 34.0 Å². The van der Waals surface area contributed by atoms with E-state index in [2.05, 4.69) is 10.2 Å². The lowest BCUT2D eigenvalue weighted by Gasteiger charge is -2.27. The molecule has 4 heterocycles. The van der Waals surface area contributed by atoms with Crippen LogP contribution in [-0.4, -0.2) is 78.1 Å². The normalized spacial score (nSPS) is 16.4. The molecule has 10 heteroatoms. The monoisotopic (exact) mass is 445 g/mol. The Morgan fingerprint density at radius 1 is 1.32 bits per heavy atom. The molecule has 2 aliphatic rings. The number of aromatic amines is 1. The Bertz CT molecular complexity index is 971. The predicted octanol–water partition coefficient (Wildman–Crippen LogP) is 1.44. The van der Waals surface area contributed by atoms with E-state index in [1.54, 1.807) is 25.3 Å². The zero-order chi connectivity index (χ0) is 22.0. The highest BCUT2D eigenvalue weighted by Crippen LogP contribution is 2.41. The summed E-state index contributed by atoms with van der Waals surface area (Å²) < 4.78 is 5.17. The fourth-order valence-electron chi connectivity index (χ4n) is 4.10. The minimum atomic E-state index is -0.124. The van der Waals surface area contributed by atoms with Crippen molar-refractivity contribution in [2.24, 2.45) is 0 Å². The molecule has 3 amide bonds. The van der Waals surface area contributed by atoms with Crippen LogP contribution in [0.3, 0.4) is 0 Å². The van der Waals surface area contributed by atoms with Crippen molar-refractivity contribution in [2.45, 2.75) is 32.2 Å². The van der Waals surface area contributed by atoms with Crippen LogP contribution in [0.5, 0.6) is 0 Å². The summed E-state index contributed by atoms with van der Waals surface area (Å²) in [4.78, 5) is 44.6. The third kappa shape index (κ3) is 4.35. The van der Waals surface area contributed by atoms with Crippen LogP contribution in [-0.2, 0) is 33.7 Å². The molecule has 1 N–H and O–H groups in total. The van der Waals surface area contributed by atoms with Crippen LogP contribution in [0.25, 0.3) is 0 Å². The number of aromatic nitrogens is 2. The highest BCUT2D eigenvalue weighted by atomic mass is 32.1. The van der Waals surface area contributed by atoms with Crippen LogP contribution in [0.1, 0.15) is 39.2 Å². The quantitative estimate of drug-likeness (QED) is 0.695. The van der Waals surface area contributed by atoms with Crippen LogP contribution in [0.15, 0.2) is 12.4 Å². The maximum Gasteiger partial charge on any atom is 0.257 e. The zero-order valence-electron chi connectivity index (χ0n) is 17.8. The summed E-state index contributed by atoms with van der Waals surface area (Å²) in [6, 6.07) is 0. The molecule has 0 atom stereocenters. The largest absolute Gasteiger partial charge is 0.383 e. The molecule has 2 aromatic rings. The number of amides is 3. The zero-order valence-corrected chi connectivity index (χ0v) is 18.7. The van der Waals surface area contributed by atoms with Crippen molar-refractivity contribution in [3.63, 3.8) is 0 Å². The summed E-state index contributed by atoms with van der Waals surface area (Å²) in [7, 11) is 3.25. The Labute approximate surface area is 185 Å². The van der Waals surface area contributed by atoms with Gasteiger partial charge in [-0.2, -0.15) is 5.10 Å². The Kier molecular flexibility index (Phi) is 6.38. The molecular weight excluding hydrogens is 418 g/mol. The van der Waals surface area contributed by atoms with Gasteiger partial charge >= 0.3 is 0 Å². The Hall–Kier alpha value is -2.72. The summed E-state index contributed by atoms with van der Waals surface area (Å²) in [6.45, 7) is 1.93. The number of rotatable bonds is 7. The van der Waals surface area contributed by atoms with Crippen LogP contribution in [0.4, 0.5) is 5.00 Å². The van der Waals surface area contributed by atoms with E-state index in [0.29, 0.717) is 49.6 Å². The third-order valence-corrected chi connectivity index (χ3v) is 7.04. The van der Waals surface area contributed by atoms with Gasteiger partial charge in [-0.25, -0.2) is 0 Å². The maximum absolute atomic E-state index is 13.0. The topological polar surface area (TPSA) is 98.8 Å². The summed E-state index contributed by atoms with van der Waals surface area (Å²) in [6.07, 6.45) is 6.31. The summed E-state index contributed by atoms with van der Waals surface area (Å²) in [5.74, 6) is -0.119. The Morgan fingerprint density at radius 3 is 2.90 bits per heavy atom. The second kappa shape index (κ2) is 9.19. The van der Waals surface area contributed by atoms with Crippen LogP contribution < -0.4 is 4.90 Å². The molecule has 2 aliphatic heterocycles. The number of likely N-dealkylation sites (N-methyl/N-ethyl adjacent to an activating group) is 1. The molecule has 0 spiro atoms. The predicted molar refractivity (Wildman–Crippen MR) is 116 cm³/mol. The lowest BCUT2D eigenvalue weighted by Crippen LogP contribution is -2.39. The lowest BCUT2D eigenvalue weighted by molar-refractivity contribution is -0.132. The number of anilines is 1. The van der Waals surface area contributed by atoms with E-state index < -0.39 is 0 Å². The van der Waals surface area contributed by atoms with Gasteiger partial charge in [-0.1, -0.05) is 0 Å². The van der Waals surface area contributed by atoms with Crippen molar-refractivity contribution in [3.8, 4) is 0 Å². The van der Waals surface area contributed by atoms with Crippen LogP contribution >= 0.6 is 11.3 Å². The number of H-pyrrole nitrogens is 1. The van der Waals surface area contributed by atoms with E-state index in [4.69, 9.17) is 4.74 Å². The molecule has 31 heavy (non-hydrogen) atoms. The molecule has 2 aromatic heterocycles.